The Hall–Kier alpha value is -1.75. The second-order valence-corrected chi connectivity index (χ2v) is 4.30. The lowest BCUT2D eigenvalue weighted by molar-refractivity contribution is 0.340. The second-order valence-electron chi connectivity index (χ2n) is 3.36. The molecule has 0 atom stereocenters. The zero-order chi connectivity index (χ0) is 12.4. The van der Waals surface area contributed by atoms with Crippen LogP contribution in [-0.4, -0.2) is 24.3 Å². The molecule has 0 amide bonds. The third-order valence-corrected chi connectivity index (χ3v) is 3.03. The van der Waals surface area contributed by atoms with E-state index in [1.54, 1.807) is 12.1 Å². The first-order valence-corrected chi connectivity index (χ1v) is 5.76. The summed E-state index contributed by atoms with van der Waals surface area (Å²) in [7, 11) is 2.98. The average molecular weight is 250 g/mol. The molecule has 1 aromatic carbocycles. The van der Waals surface area contributed by atoms with E-state index in [-0.39, 0.29) is 5.75 Å². The van der Waals surface area contributed by atoms with E-state index >= 15 is 0 Å². The van der Waals surface area contributed by atoms with Crippen LogP contribution in [0.3, 0.4) is 0 Å². The molecule has 0 spiro atoms. The number of hydrogen-bond acceptors (Lipinski definition) is 5. The maximum absolute atomic E-state index is 9.79. The van der Waals surface area contributed by atoms with Gasteiger partial charge in [-0.1, -0.05) is 0 Å². The van der Waals surface area contributed by atoms with E-state index in [4.69, 9.17) is 9.47 Å². The van der Waals surface area contributed by atoms with Gasteiger partial charge in [0.25, 0.3) is 0 Å². The number of methoxy groups -OCH3 is 2. The molecule has 2 aromatic rings. The average Bonchev–Trinajstić information content (AvgIpc) is 2.76. The molecule has 1 aromatic heterocycles. The highest BCUT2D eigenvalue weighted by Gasteiger charge is 2.13. The van der Waals surface area contributed by atoms with Crippen LogP contribution in [0.25, 0.3) is 11.3 Å². The lowest BCUT2D eigenvalue weighted by atomic mass is 10.1. The van der Waals surface area contributed by atoms with Gasteiger partial charge in [0.2, 0.25) is 5.75 Å². The lowest BCUT2D eigenvalue weighted by Gasteiger charge is -2.10. The minimum atomic E-state index is -0.0103. The largest absolute Gasteiger partial charge is 0.502 e. The van der Waals surface area contributed by atoms with Gasteiger partial charge in [0.1, 0.15) is 0 Å². The number of thiazole rings is 1. The molecule has 17 heavy (non-hydrogen) atoms. The number of phenolic OH excluding ortho intramolecular Hbond substituents is 1. The molecule has 1 heterocycles. The van der Waals surface area contributed by atoms with E-state index in [0.29, 0.717) is 11.5 Å². The Morgan fingerprint density at radius 2 is 1.82 bits per heavy atom. The standard InChI is InChI=1S/C12H12NO3S/c1-7-13-9(6-17-7)8-4-10(15-2)12(14)11(5-8)16-3/h4-6,14H,1H2,2-3H3. The van der Waals surface area contributed by atoms with Crippen molar-refractivity contribution in [2.75, 3.05) is 14.2 Å². The minimum absolute atomic E-state index is 0.0103. The summed E-state index contributed by atoms with van der Waals surface area (Å²) in [5.74, 6) is 0.708. The number of benzene rings is 1. The Kier molecular flexibility index (Phi) is 3.19. The predicted octanol–water partition coefficient (Wildman–Crippen LogP) is 2.72. The normalized spacial score (nSPS) is 10.3. The Morgan fingerprint density at radius 3 is 2.24 bits per heavy atom. The molecule has 0 aliphatic carbocycles. The molecule has 0 aliphatic heterocycles. The Labute approximate surface area is 103 Å². The van der Waals surface area contributed by atoms with Crippen LogP contribution in [0.4, 0.5) is 0 Å². The summed E-state index contributed by atoms with van der Waals surface area (Å²) >= 11 is 1.46. The van der Waals surface area contributed by atoms with Crippen LogP contribution in [0.2, 0.25) is 0 Å². The molecule has 0 fully saturated rings. The van der Waals surface area contributed by atoms with Crippen LogP contribution in [0.5, 0.6) is 17.2 Å². The maximum Gasteiger partial charge on any atom is 0.200 e. The fourth-order valence-electron chi connectivity index (χ4n) is 1.48. The highest BCUT2D eigenvalue weighted by atomic mass is 32.1. The molecule has 4 nitrogen and oxygen atoms in total. The summed E-state index contributed by atoms with van der Waals surface area (Å²) in [6.45, 7) is 3.76. The van der Waals surface area contributed by atoms with Crippen molar-refractivity contribution >= 4 is 11.3 Å². The zero-order valence-electron chi connectivity index (χ0n) is 9.56. The van der Waals surface area contributed by atoms with Gasteiger partial charge in [0.05, 0.1) is 24.9 Å². The van der Waals surface area contributed by atoms with Crippen molar-refractivity contribution < 1.29 is 14.6 Å². The van der Waals surface area contributed by atoms with E-state index < -0.39 is 0 Å². The summed E-state index contributed by atoms with van der Waals surface area (Å²) in [4.78, 5) is 4.28. The van der Waals surface area contributed by atoms with Crippen LogP contribution in [0.15, 0.2) is 17.5 Å². The quantitative estimate of drug-likeness (QED) is 0.910. The third kappa shape index (κ3) is 2.19. The van der Waals surface area contributed by atoms with Crippen molar-refractivity contribution in [3.8, 4) is 28.5 Å². The number of phenols is 1. The van der Waals surface area contributed by atoms with Gasteiger partial charge in [0.15, 0.2) is 11.5 Å². The van der Waals surface area contributed by atoms with Gasteiger partial charge in [-0.2, -0.15) is 0 Å². The van der Waals surface area contributed by atoms with E-state index in [1.807, 2.05) is 5.38 Å². The number of hydrogen-bond donors (Lipinski definition) is 1. The number of nitrogens with zero attached hydrogens (tertiary/aromatic N) is 1. The molecule has 2 rings (SSSR count). The fraction of sp³-hybridized carbons (Fsp3) is 0.167. The van der Waals surface area contributed by atoms with Crippen LogP contribution in [0, 0.1) is 6.92 Å². The molecule has 0 saturated carbocycles. The lowest BCUT2D eigenvalue weighted by Crippen LogP contribution is -1.90. The minimum Gasteiger partial charge on any atom is -0.502 e. The molecular weight excluding hydrogens is 238 g/mol. The van der Waals surface area contributed by atoms with Gasteiger partial charge in [-0.15, -0.1) is 11.3 Å². The van der Waals surface area contributed by atoms with Gasteiger partial charge in [-0.3, -0.25) is 0 Å². The number of ether oxygens (including phenoxy) is 2. The monoisotopic (exact) mass is 250 g/mol. The van der Waals surface area contributed by atoms with Crippen molar-refractivity contribution in [2.45, 2.75) is 0 Å². The summed E-state index contributed by atoms with van der Waals surface area (Å²) in [6.07, 6.45) is 0. The van der Waals surface area contributed by atoms with Gasteiger partial charge in [-0.25, -0.2) is 4.98 Å². The topological polar surface area (TPSA) is 51.6 Å². The first-order chi connectivity index (χ1) is 8.15. The number of aromatic hydroxyl groups is 1. The smallest absolute Gasteiger partial charge is 0.200 e. The second kappa shape index (κ2) is 4.63. The van der Waals surface area contributed by atoms with Crippen molar-refractivity contribution in [1.29, 1.82) is 0 Å². The highest BCUT2D eigenvalue weighted by Crippen LogP contribution is 2.40. The maximum atomic E-state index is 9.79. The molecule has 5 heteroatoms. The summed E-state index contributed by atoms with van der Waals surface area (Å²) in [5.41, 5.74) is 1.61. The van der Waals surface area contributed by atoms with Crippen LogP contribution >= 0.6 is 11.3 Å². The molecule has 0 unspecified atom stereocenters. The molecule has 0 bridgehead atoms. The van der Waals surface area contributed by atoms with E-state index in [0.717, 1.165) is 16.3 Å². The Bertz CT molecular complexity index is 511. The van der Waals surface area contributed by atoms with E-state index in [1.165, 1.54) is 25.6 Å². The molecule has 89 valence electrons. The van der Waals surface area contributed by atoms with Crippen LogP contribution < -0.4 is 9.47 Å². The van der Waals surface area contributed by atoms with E-state index in [2.05, 4.69) is 11.9 Å². The summed E-state index contributed by atoms with van der Waals surface area (Å²) in [6, 6.07) is 3.43. The molecule has 0 saturated heterocycles. The summed E-state index contributed by atoms with van der Waals surface area (Å²) < 4.78 is 10.2. The van der Waals surface area contributed by atoms with Gasteiger partial charge < -0.3 is 14.6 Å². The van der Waals surface area contributed by atoms with Gasteiger partial charge >= 0.3 is 0 Å². The van der Waals surface area contributed by atoms with E-state index in [9.17, 15) is 5.11 Å². The Morgan fingerprint density at radius 1 is 1.24 bits per heavy atom. The highest BCUT2D eigenvalue weighted by molar-refractivity contribution is 7.10. The predicted molar refractivity (Wildman–Crippen MR) is 66.8 cm³/mol. The van der Waals surface area contributed by atoms with Gasteiger partial charge in [0, 0.05) is 17.9 Å². The molecule has 1 N–H and O–H groups in total. The number of rotatable bonds is 3. The fourth-order valence-corrected chi connectivity index (χ4v) is 2.07. The van der Waals surface area contributed by atoms with Crippen LogP contribution in [-0.2, 0) is 0 Å². The molecule has 0 aliphatic rings. The number of aromatic nitrogens is 1. The van der Waals surface area contributed by atoms with Crippen molar-refractivity contribution in [2.24, 2.45) is 0 Å². The zero-order valence-corrected chi connectivity index (χ0v) is 10.4. The first kappa shape index (κ1) is 11.7. The summed E-state index contributed by atoms with van der Waals surface area (Å²) in [5, 5.41) is 12.4. The van der Waals surface area contributed by atoms with Crippen LogP contribution in [0.1, 0.15) is 5.01 Å². The molecule has 1 radical (unpaired) electrons. The molecular formula is C12H12NO3S. The van der Waals surface area contributed by atoms with Crippen molar-refractivity contribution in [3.63, 3.8) is 0 Å². The van der Waals surface area contributed by atoms with Crippen molar-refractivity contribution in [3.05, 3.63) is 29.4 Å². The van der Waals surface area contributed by atoms with Gasteiger partial charge in [-0.05, 0) is 12.1 Å². The SMILES string of the molecule is [CH2]c1nc(-c2cc(OC)c(O)c(OC)c2)cs1. The first-order valence-electron chi connectivity index (χ1n) is 4.88. The van der Waals surface area contributed by atoms with Crippen molar-refractivity contribution in [1.82, 2.24) is 4.98 Å². The third-order valence-electron chi connectivity index (χ3n) is 2.33. The Balaban J connectivity index is 2.55.